The monoisotopic (exact) mass is 424 g/mol. The van der Waals surface area contributed by atoms with Crippen molar-refractivity contribution in [3.8, 4) is 0 Å². The number of hydrogen-bond donors (Lipinski definition) is 2. The van der Waals surface area contributed by atoms with Crippen LogP contribution in [0, 0.1) is 5.92 Å². The smallest absolute Gasteiger partial charge is 0.253 e. The van der Waals surface area contributed by atoms with Crippen LogP contribution in [-0.2, 0) is 5.54 Å². The molecule has 2 fully saturated rings. The summed E-state index contributed by atoms with van der Waals surface area (Å²) in [5, 5.41) is 6.87. The second-order valence-electron chi connectivity index (χ2n) is 7.16. The van der Waals surface area contributed by atoms with Crippen LogP contribution in [0.5, 0.6) is 0 Å². The quantitative estimate of drug-likeness (QED) is 0.665. The van der Waals surface area contributed by atoms with Gasteiger partial charge in [-0.25, -0.2) is 9.97 Å². The summed E-state index contributed by atoms with van der Waals surface area (Å²) in [4.78, 5) is 29.3. The van der Waals surface area contributed by atoms with Crippen molar-refractivity contribution in [1.29, 1.82) is 0 Å². The second kappa shape index (κ2) is 7.74. The van der Waals surface area contributed by atoms with Crippen LogP contribution >= 0.6 is 23.1 Å². The minimum Gasteiger partial charge on any atom is -0.338 e. The van der Waals surface area contributed by atoms with Gasteiger partial charge in [-0.3, -0.25) is 15.1 Å². The summed E-state index contributed by atoms with van der Waals surface area (Å²) in [7, 11) is 0. The number of fused-ring (bicyclic) bond motifs is 1. The first-order chi connectivity index (χ1) is 14.2. The van der Waals surface area contributed by atoms with Crippen LogP contribution in [0.2, 0.25) is 0 Å². The Morgan fingerprint density at radius 2 is 2.03 bits per heavy atom. The van der Waals surface area contributed by atoms with Crippen LogP contribution in [0.3, 0.4) is 0 Å². The van der Waals surface area contributed by atoms with Crippen LogP contribution in [0.1, 0.15) is 15.2 Å². The molecular formula is C20H20N6OS2. The Bertz CT molecular complexity index is 971. The number of hydrogen-bond acceptors (Lipinski definition) is 8. The Morgan fingerprint density at radius 1 is 1.21 bits per heavy atom. The van der Waals surface area contributed by atoms with E-state index in [1.165, 1.54) is 4.88 Å². The van der Waals surface area contributed by atoms with Crippen molar-refractivity contribution < 1.29 is 4.79 Å². The van der Waals surface area contributed by atoms with Gasteiger partial charge in [0.15, 0.2) is 0 Å². The van der Waals surface area contributed by atoms with Gasteiger partial charge in [0.2, 0.25) is 5.95 Å². The van der Waals surface area contributed by atoms with Gasteiger partial charge in [0, 0.05) is 53.8 Å². The average molecular weight is 425 g/mol. The Kier molecular flexibility index (Phi) is 4.94. The molecule has 2 saturated heterocycles. The predicted molar refractivity (Wildman–Crippen MR) is 115 cm³/mol. The van der Waals surface area contributed by atoms with Gasteiger partial charge in [-0.2, -0.15) is 0 Å². The number of thiazole rings is 1. The van der Waals surface area contributed by atoms with Crippen LogP contribution in [0.25, 0.3) is 0 Å². The number of thioether (sulfide) groups is 1. The van der Waals surface area contributed by atoms with Gasteiger partial charge in [-0.05, 0) is 18.2 Å². The third kappa shape index (κ3) is 3.50. The maximum absolute atomic E-state index is 12.7. The lowest BCUT2D eigenvalue weighted by Crippen LogP contribution is -2.60. The van der Waals surface area contributed by atoms with Gasteiger partial charge in [0.25, 0.3) is 5.91 Å². The van der Waals surface area contributed by atoms with Crippen molar-refractivity contribution in [2.75, 3.05) is 23.7 Å². The summed E-state index contributed by atoms with van der Waals surface area (Å²) in [5.74, 6) is 1.95. The normalized spacial score (nSPS) is 26.1. The molecule has 3 atom stereocenters. The van der Waals surface area contributed by atoms with E-state index in [9.17, 15) is 4.79 Å². The Labute approximate surface area is 177 Å². The van der Waals surface area contributed by atoms with E-state index in [4.69, 9.17) is 0 Å². The maximum atomic E-state index is 12.7. The van der Waals surface area contributed by atoms with Crippen molar-refractivity contribution in [2.45, 2.75) is 11.0 Å². The lowest BCUT2D eigenvalue weighted by atomic mass is 9.87. The van der Waals surface area contributed by atoms with Crippen LogP contribution in [-0.4, -0.2) is 45.2 Å². The third-order valence-corrected chi connectivity index (χ3v) is 7.55. The molecule has 1 amide bonds. The second-order valence-corrected chi connectivity index (χ2v) is 9.18. The number of carbonyl (C=O) groups is 1. The highest BCUT2D eigenvalue weighted by Crippen LogP contribution is 2.45. The first-order valence-electron chi connectivity index (χ1n) is 9.41. The third-order valence-electron chi connectivity index (χ3n) is 5.44. The Hall–Kier alpha value is -2.49. The summed E-state index contributed by atoms with van der Waals surface area (Å²) in [6, 6.07) is 11.1. The molecule has 7 nitrogen and oxygen atoms in total. The van der Waals surface area contributed by atoms with Crippen molar-refractivity contribution in [2.24, 2.45) is 5.92 Å². The molecule has 148 valence electrons. The number of anilines is 1. The SMILES string of the molecule is O=C(NC1NC2(c3cncs3)CN(c3ncccn3)CC2CS1)c1ccccc1. The molecule has 2 aliphatic rings. The number of amides is 1. The molecule has 3 unspecified atom stereocenters. The van der Waals surface area contributed by atoms with Gasteiger partial charge < -0.3 is 10.2 Å². The molecule has 2 aromatic heterocycles. The molecule has 1 aromatic carbocycles. The zero-order valence-electron chi connectivity index (χ0n) is 15.6. The number of nitrogens with one attached hydrogen (secondary N) is 2. The van der Waals surface area contributed by atoms with Gasteiger partial charge in [0.05, 0.1) is 11.0 Å². The summed E-state index contributed by atoms with van der Waals surface area (Å²) < 4.78 is 0. The molecule has 0 spiro atoms. The molecule has 2 aliphatic heterocycles. The molecule has 3 aromatic rings. The molecule has 4 heterocycles. The van der Waals surface area contributed by atoms with Crippen molar-refractivity contribution in [3.05, 3.63) is 70.9 Å². The maximum Gasteiger partial charge on any atom is 0.253 e. The molecule has 0 bridgehead atoms. The summed E-state index contributed by atoms with van der Waals surface area (Å²) >= 11 is 3.38. The van der Waals surface area contributed by atoms with E-state index in [2.05, 4.69) is 30.5 Å². The van der Waals surface area contributed by atoms with Crippen molar-refractivity contribution in [3.63, 3.8) is 0 Å². The zero-order valence-corrected chi connectivity index (χ0v) is 17.2. The summed E-state index contributed by atoms with van der Waals surface area (Å²) in [6.45, 7) is 1.60. The molecule has 0 aliphatic carbocycles. The van der Waals surface area contributed by atoms with Gasteiger partial charge in [-0.1, -0.05) is 18.2 Å². The van der Waals surface area contributed by atoms with Gasteiger partial charge in [0.1, 0.15) is 5.50 Å². The van der Waals surface area contributed by atoms with E-state index in [-0.39, 0.29) is 16.9 Å². The molecule has 5 rings (SSSR count). The summed E-state index contributed by atoms with van der Waals surface area (Å²) in [5.41, 5.74) is 2.05. The highest BCUT2D eigenvalue weighted by atomic mass is 32.2. The number of aromatic nitrogens is 3. The summed E-state index contributed by atoms with van der Waals surface area (Å²) in [6.07, 6.45) is 5.48. The topological polar surface area (TPSA) is 83.0 Å². The molecule has 2 N–H and O–H groups in total. The van der Waals surface area contributed by atoms with Crippen LogP contribution < -0.4 is 15.5 Å². The fourth-order valence-electron chi connectivity index (χ4n) is 4.03. The van der Waals surface area contributed by atoms with Crippen LogP contribution in [0.15, 0.2) is 60.5 Å². The number of carbonyl (C=O) groups excluding carboxylic acids is 1. The average Bonchev–Trinajstić information content (AvgIpc) is 3.43. The number of benzene rings is 1. The Morgan fingerprint density at radius 3 is 2.79 bits per heavy atom. The van der Waals surface area contributed by atoms with Crippen molar-refractivity contribution in [1.82, 2.24) is 25.6 Å². The largest absolute Gasteiger partial charge is 0.338 e. The standard InChI is InChI=1S/C20H20N6OS2/c27-17(14-5-2-1-3-6-14)24-19-25-20(16-9-21-13-29-16)12-26(10-15(20)11-28-19)18-22-7-4-8-23-18/h1-9,13,15,19,25H,10-12H2,(H,24,27). The molecule has 0 saturated carbocycles. The van der Waals surface area contributed by atoms with E-state index in [0.29, 0.717) is 11.5 Å². The fraction of sp³-hybridized carbons (Fsp3) is 0.300. The van der Waals surface area contributed by atoms with E-state index in [0.717, 1.165) is 24.8 Å². The number of nitrogens with zero attached hydrogens (tertiary/aromatic N) is 4. The highest BCUT2D eigenvalue weighted by Gasteiger charge is 2.53. The Balaban J connectivity index is 1.40. The lowest BCUT2D eigenvalue weighted by molar-refractivity contribution is 0.0934. The minimum atomic E-state index is -0.291. The van der Waals surface area contributed by atoms with Gasteiger partial charge in [-0.15, -0.1) is 23.1 Å². The van der Waals surface area contributed by atoms with E-state index >= 15 is 0 Å². The van der Waals surface area contributed by atoms with E-state index in [1.807, 2.05) is 48.1 Å². The predicted octanol–water partition coefficient (Wildman–Crippen LogP) is 2.31. The first kappa shape index (κ1) is 18.5. The first-order valence-corrected chi connectivity index (χ1v) is 11.3. The molecule has 0 radical (unpaired) electrons. The number of rotatable bonds is 4. The molecular weight excluding hydrogens is 404 g/mol. The minimum absolute atomic E-state index is 0.0743. The molecule has 29 heavy (non-hydrogen) atoms. The van der Waals surface area contributed by atoms with Crippen molar-refractivity contribution >= 4 is 35.0 Å². The zero-order chi connectivity index (χ0) is 19.7. The van der Waals surface area contributed by atoms with Crippen LogP contribution in [0.4, 0.5) is 5.95 Å². The fourth-order valence-corrected chi connectivity index (χ4v) is 6.18. The molecule has 9 heteroatoms. The highest BCUT2D eigenvalue weighted by molar-refractivity contribution is 7.99. The van der Waals surface area contributed by atoms with E-state index in [1.54, 1.807) is 35.5 Å². The van der Waals surface area contributed by atoms with E-state index < -0.39 is 0 Å². The van der Waals surface area contributed by atoms with Gasteiger partial charge >= 0.3 is 0 Å². The lowest BCUT2D eigenvalue weighted by Gasteiger charge is -2.42.